The largest absolute Gasteiger partial charge is 0.488 e. The lowest BCUT2D eigenvalue weighted by Crippen LogP contribution is -2.39. The number of aliphatic hydroxyl groups is 1. The Kier molecular flexibility index (Phi) is 9.47. The molecule has 0 aliphatic carbocycles. The molecule has 0 fully saturated rings. The van der Waals surface area contributed by atoms with Crippen molar-refractivity contribution in [3.8, 4) is 22.9 Å². The number of nitriles is 1. The van der Waals surface area contributed by atoms with E-state index in [1.807, 2.05) is 37.3 Å². The highest BCUT2D eigenvalue weighted by Gasteiger charge is 2.17. The molecule has 0 saturated heterocycles. The van der Waals surface area contributed by atoms with Gasteiger partial charge in [0.05, 0.1) is 12.2 Å². The summed E-state index contributed by atoms with van der Waals surface area (Å²) in [7, 11) is 0. The highest BCUT2D eigenvalue weighted by atomic mass is 16.5. The molecule has 3 aromatic carbocycles. The Bertz CT molecular complexity index is 1520. The third-order valence-corrected chi connectivity index (χ3v) is 6.75. The van der Waals surface area contributed by atoms with Gasteiger partial charge in [-0.15, -0.1) is 0 Å². The summed E-state index contributed by atoms with van der Waals surface area (Å²) in [4.78, 5) is 15.5. The van der Waals surface area contributed by atoms with E-state index in [0.29, 0.717) is 17.9 Å². The van der Waals surface area contributed by atoms with Gasteiger partial charge in [-0.25, -0.2) is 0 Å². The molecule has 0 aliphatic heterocycles. The number of carboxylic acid groups (broad SMARTS) is 1. The maximum absolute atomic E-state index is 11.4. The average molecular weight is 537 g/mol. The Morgan fingerprint density at radius 3 is 2.55 bits per heavy atom. The molecular weight excluding hydrogens is 504 g/mol. The highest BCUT2D eigenvalue weighted by Crippen LogP contribution is 2.30. The second-order valence-corrected chi connectivity index (χ2v) is 9.52. The number of rotatable bonds is 12. The molecule has 0 aliphatic rings. The van der Waals surface area contributed by atoms with Crippen LogP contribution >= 0.6 is 0 Å². The second-order valence-electron chi connectivity index (χ2n) is 9.52. The molecule has 0 spiro atoms. The smallest absolute Gasteiger partial charge is 0.323 e. The lowest BCUT2D eigenvalue weighted by Gasteiger charge is -2.19. The normalized spacial score (nSPS) is 11.4. The Balaban J connectivity index is 1.58. The third kappa shape index (κ3) is 7.03. The first-order chi connectivity index (χ1) is 19.4. The zero-order chi connectivity index (χ0) is 28.5. The van der Waals surface area contributed by atoms with Gasteiger partial charge in [0.25, 0.3) is 0 Å². The van der Waals surface area contributed by atoms with Gasteiger partial charge in [-0.05, 0) is 53.8 Å². The number of benzene rings is 3. The van der Waals surface area contributed by atoms with Crippen molar-refractivity contribution in [3.63, 3.8) is 0 Å². The second kappa shape index (κ2) is 13.4. The number of aryl methyl sites for hydroxylation is 1. The van der Waals surface area contributed by atoms with Crippen LogP contribution in [0.4, 0.5) is 5.69 Å². The molecular formula is C32H32N4O4. The zero-order valence-corrected chi connectivity index (χ0v) is 22.5. The molecule has 40 heavy (non-hydrogen) atoms. The summed E-state index contributed by atoms with van der Waals surface area (Å²) >= 11 is 0. The minimum Gasteiger partial charge on any atom is -0.488 e. The molecule has 4 N–H and O–H groups in total. The van der Waals surface area contributed by atoms with E-state index >= 15 is 0 Å². The van der Waals surface area contributed by atoms with Crippen LogP contribution in [0.2, 0.25) is 0 Å². The molecule has 204 valence electrons. The summed E-state index contributed by atoms with van der Waals surface area (Å²) < 4.78 is 6.16. The van der Waals surface area contributed by atoms with Gasteiger partial charge in [0.1, 0.15) is 24.5 Å². The molecule has 8 heteroatoms. The van der Waals surface area contributed by atoms with E-state index in [4.69, 9.17) is 4.74 Å². The van der Waals surface area contributed by atoms with Gasteiger partial charge in [-0.2, -0.15) is 5.26 Å². The number of ether oxygens (including phenoxy) is 1. The van der Waals surface area contributed by atoms with E-state index in [9.17, 15) is 20.3 Å². The van der Waals surface area contributed by atoms with E-state index in [1.165, 1.54) is 28.5 Å². The quantitative estimate of drug-likeness (QED) is 0.200. The van der Waals surface area contributed by atoms with Crippen LogP contribution in [0.15, 0.2) is 79.1 Å². The van der Waals surface area contributed by atoms with E-state index in [2.05, 4.69) is 58.9 Å². The van der Waals surface area contributed by atoms with Crippen LogP contribution in [0.1, 0.15) is 33.4 Å². The number of hydrogen-bond acceptors (Lipinski definition) is 7. The van der Waals surface area contributed by atoms with Crippen molar-refractivity contribution in [1.82, 2.24) is 10.3 Å². The fourth-order valence-electron chi connectivity index (χ4n) is 4.46. The SMILES string of the molecule is Cc1cc(CN[C@@H](CO)C(=O)O)c(OCc2cncc(C#N)c2)cc1NCc1cccc(-c2ccccc2)c1C. The van der Waals surface area contributed by atoms with Crippen molar-refractivity contribution in [1.29, 1.82) is 5.26 Å². The van der Waals surface area contributed by atoms with Gasteiger partial charge < -0.3 is 20.3 Å². The summed E-state index contributed by atoms with van der Waals surface area (Å²) in [6.45, 7) is 4.53. The number of aromatic nitrogens is 1. The van der Waals surface area contributed by atoms with Crippen molar-refractivity contribution >= 4 is 11.7 Å². The van der Waals surface area contributed by atoms with Gasteiger partial charge >= 0.3 is 5.97 Å². The molecule has 1 atom stereocenters. The van der Waals surface area contributed by atoms with Crippen molar-refractivity contribution in [3.05, 3.63) is 113 Å². The minimum atomic E-state index is -1.13. The lowest BCUT2D eigenvalue weighted by molar-refractivity contribution is -0.140. The predicted octanol–water partition coefficient (Wildman–Crippen LogP) is 4.96. The van der Waals surface area contributed by atoms with Crippen LogP contribution in [0.25, 0.3) is 11.1 Å². The highest BCUT2D eigenvalue weighted by molar-refractivity contribution is 5.73. The molecule has 0 bridgehead atoms. The van der Waals surface area contributed by atoms with Crippen molar-refractivity contribution in [2.45, 2.75) is 39.6 Å². The number of aliphatic carboxylic acids is 1. The number of nitrogens with one attached hydrogen (secondary N) is 2. The van der Waals surface area contributed by atoms with Crippen molar-refractivity contribution < 1.29 is 19.7 Å². The standard InChI is InChI=1S/C32H32N4O4/c1-21-11-27(18-36-30(19-37)32(38)39)31(40-20-24-12-23(14-33)15-34-16-24)13-29(21)35-17-26-9-6-10-28(22(26)2)25-7-4-3-5-8-25/h3-13,15-16,30,35-37H,17-20H2,1-2H3,(H,38,39)/t30-/m0/s1. The molecule has 0 saturated carbocycles. The van der Waals surface area contributed by atoms with E-state index < -0.39 is 18.6 Å². The number of nitrogens with zero attached hydrogens (tertiary/aromatic N) is 2. The van der Waals surface area contributed by atoms with E-state index in [1.54, 1.807) is 12.3 Å². The maximum atomic E-state index is 11.4. The number of aliphatic hydroxyl groups excluding tert-OH is 1. The Labute approximate surface area is 233 Å². The number of pyridine rings is 1. The molecule has 4 aromatic rings. The molecule has 1 aromatic heterocycles. The minimum absolute atomic E-state index is 0.179. The summed E-state index contributed by atoms with van der Waals surface area (Å²) in [5.74, 6) is -0.577. The molecule has 8 nitrogen and oxygen atoms in total. The van der Waals surface area contributed by atoms with Crippen LogP contribution in [-0.4, -0.2) is 33.8 Å². The summed E-state index contributed by atoms with van der Waals surface area (Å²) in [6, 6.07) is 23.1. The Morgan fingerprint density at radius 1 is 1.02 bits per heavy atom. The van der Waals surface area contributed by atoms with Gasteiger partial charge in [0.2, 0.25) is 0 Å². The fourth-order valence-corrected chi connectivity index (χ4v) is 4.46. The monoisotopic (exact) mass is 536 g/mol. The number of carboxylic acids is 1. The van der Waals surface area contributed by atoms with Crippen LogP contribution < -0.4 is 15.4 Å². The van der Waals surface area contributed by atoms with Crippen LogP contribution in [0.3, 0.4) is 0 Å². The Hall–Kier alpha value is -4.71. The molecule has 4 rings (SSSR count). The predicted molar refractivity (Wildman–Crippen MR) is 154 cm³/mol. The van der Waals surface area contributed by atoms with Crippen LogP contribution in [-0.2, 0) is 24.5 Å². The first kappa shape index (κ1) is 28.3. The number of carbonyl (C=O) groups is 1. The molecule has 1 heterocycles. The topological polar surface area (TPSA) is 128 Å². The average Bonchev–Trinajstić information content (AvgIpc) is 2.97. The van der Waals surface area contributed by atoms with Gasteiger partial charge in [-0.3, -0.25) is 15.1 Å². The Morgan fingerprint density at radius 2 is 1.82 bits per heavy atom. The third-order valence-electron chi connectivity index (χ3n) is 6.75. The number of anilines is 1. The van der Waals surface area contributed by atoms with E-state index in [-0.39, 0.29) is 13.2 Å². The molecule has 0 amide bonds. The number of hydrogen-bond donors (Lipinski definition) is 4. The van der Waals surface area contributed by atoms with Crippen LogP contribution in [0, 0.1) is 25.2 Å². The van der Waals surface area contributed by atoms with Crippen LogP contribution in [0.5, 0.6) is 5.75 Å². The first-order valence-corrected chi connectivity index (χ1v) is 12.9. The summed E-state index contributed by atoms with van der Waals surface area (Å²) in [5.41, 5.74) is 8.49. The maximum Gasteiger partial charge on any atom is 0.323 e. The lowest BCUT2D eigenvalue weighted by atomic mass is 9.96. The molecule has 0 unspecified atom stereocenters. The molecule has 0 radical (unpaired) electrons. The van der Waals surface area contributed by atoms with Gasteiger partial charge in [0.15, 0.2) is 0 Å². The summed E-state index contributed by atoms with van der Waals surface area (Å²) in [5, 5.41) is 34.3. The van der Waals surface area contributed by atoms with Crippen molar-refractivity contribution in [2.24, 2.45) is 0 Å². The van der Waals surface area contributed by atoms with Gasteiger partial charge in [-0.1, -0.05) is 48.5 Å². The van der Waals surface area contributed by atoms with E-state index in [0.717, 1.165) is 22.4 Å². The zero-order valence-electron chi connectivity index (χ0n) is 22.5. The van der Waals surface area contributed by atoms with Gasteiger partial charge in [0, 0.05) is 48.4 Å². The first-order valence-electron chi connectivity index (χ1n) is 12.9. The van der Waals surface area contributed by atoms with Crippen molar-refractivity contribution in [2.75, 3.05) is 11.9 Å². The summed E-state index contributed by atoms with van der Waals surface area (Å²) in [6.07, 6.45) is 3.13. The fraction of sp³-hybridized carbons (Fsp3) is 0.219.